The molecule has 0 unspecified atom stereocenters. The number of hydrogen-bond donors (Lipinski definition) is 1. The molecule has 3 aromatic rings. The van der Waals surface area contributed by atoms with E-state index in [-0.39, 0.29) is 23.4 Å². The first-order chi connectivity index (χ1) is 15.8. The van der Waals surface area contributed by atoms with E-state index in [0.717, 1.165) is 26.8 Å². The van der Waals surface area contributed by atoms with Crippen molar-refractivity contribution in [1.29, 1.82) is 0 Å². The summed E-state index contributed by atoms with van der Waals surface area (Å²) in [6.45, 7) is 2.52. The van der Waals surface area contributed by atoms with E-state index in [1.54, 1.807) is 14.0 Å². The molecule has 0 aliphatic heterocycles. The number of carbonyl (C=O) groups excluding carboxylic acids is 1. The van der Waals surface area contributed by atoms with Crippen LogP contribution in [0.25, 0.3) is 0 Å². The summed E-state index contributed by atoms with van der Waals surface area (Å²) >= 11 is 0. The molecule has 6 nitrogen and oxygen atoms in total. The van der Waals surface area contributed by atoms with Crippen LogP contribution in [0.1, 0.15) is 40.1 Å². The highest BCUT2D eigenvalue weighted by Gasteiger charge is 2.23. The number of allylic oxidation sites excluding steroid dienone is 2. The highest BCUT2D eigenvalue weighted by molar-refractivity contribution is 6.04. The highest BCUT2D eigenvalue weighted by Crippen LogP contribution is 2.16. The minimum Gasteiger partial charge on any atom is -0.312 e. The van der Waals surface area contributed by atoms with E-state index in [9.17, 15) is 23.2 Å². The van der Waals surface area contributed by atoms with E-state index in [2.05, 4.69) is 5.32 Å². The molecule has 0 fully saturated rings. The fraction of sp³-hybridized carbons (Fsp3) is 0.240. The molecule has 1 atom stereocenters. The molecule has 172 valence electrons. The third-order valence-electron chi connectivity index (χ3n) is 5.55. The number of benzene rings is 2. The van der Waals surface area contributed by atoms with Gasteiger partial charge in [-0.2, -0.15) is 0 Å². The predicted octanol–water partition coefficient (Wildman–Crippen LogP) is 3.36. The minimum atomic E-state index is -0.822. The predicted molar refractivity (Wildman–Crippen MR) is 123 cm³/mol. The Kier molecular flexibility index (Phi) is 7.50. The van der Waals surface area contributed by atoms with Crippen molar-refractivity contribution in [1.82, 2.24) is 14.5 Å². The van der Waals surface area contributed by atoms with Gasteiger partial charge in [0.1, 0.15) is 17.2 Å². The first kappa shape index (κ1) is 24.0. The number of aromatic nitrogens is 2. The molecule has 0 aliphatic rings. The largest absolute Gasteiger partial charge is 0.331 e. The van der Waals surface area contributed by atoms with Gasteiger partial charge >= 0.3 is 5.69 Å². The summed E-state index contributed by atoms with van der Waals surface area (Å²) in [6.07, 6.45) is 2.71. The molecular weight excluding hydrogens is 428 g/mol. The normalized spacial score (nSPS) is 12.3. The standard InChI is InChI=1S/C25H25F2N3O3/c1-4-9-22(31)23-16(2)29(14-18-19(26)12-8-13-20(18)27)25(33)30(24(23)32)15-21(28-3)17-10-6-5-7-11-17/h4-13,21,28H,14-15H2,1-3H3/b9-4+/t21-/m0/s1. The topological polar surface area (TPSA) is 73.1 Å². The molecule has 0 amide bonds. The van der Waals surface area contributed by atoms with Gasteiger partial charge in [0.25, 0.3) is 5.56 Å². The number of nitrogens with one attached hydrogen (secondary N) is 1. The number of nitrogens with zero attached hydrogens (tertiary/aromatic N) is 2. The first-order valence-corrected chi connectivity index (χ1v) is 10.5. The van der Waals surface area contributed by atoms with Crippen LogP contribution in [0, 0.1) is 18.6 Å². The maximum Gasteiger partial charge on any atom is 0.331 e. The van der Waals surface area contributed by atoms with Crippen LogP contribution in [0.4, 0.5) is 8.78 Å². The van der Waals surface area contributed by atoms with E-state index in [1.165, 1.54) is 25.1 Å². The van der Waals surface area contributed by atoms with Gasteiger partial charge in [-0.3, -0.25) is 18.7 Å². The van der Waals surface area contributed by atoms with Crippen LogP contribution in [0.15, 0.2) is 70.3 Å². The van der Waals surface area contributed by atoms with E-state index >= 15 is 0 Å². The van der Waals surface area contributed by atoms with Gasteiger partial charge in [-0.15, -0.1) is 0 Å². The van der Waals surface area contributed by atoms with Crippen molar-refractivity contribution >= 4 is 5.78 Å². The maximum absolute atomic E-state index is 14.3. The Morgan fingerprint density at radius 1 is 1.03 bits per heavy atom. The molecule has 1 aromatic heterocycles. The van der Waals surface area contributed by atoms with Gasteiger partial charge in [0, 0.05) is 11.3 Å². The highest BCUT2D eigenvalue weighted by atomic mass is 19.1. The van der Waals surface area contributed by atoms with Crippen molar-refractivity contribution in [2.45, 2.75) is 33.0 Å². The monoisotopic (exact) mass is 453 g/mol. The summed E-state index contributed by atoms with van der Waals surface area (Å²) in [5, 5.41) is 3.07. The summed E-state index contributed by atoms with van der Waals surface area (Å²) in [5.41, 5.74) is -1.17. The Balaban J connectivity index is 2.23. The molecule has 33 heavy (non-hydrogen) atoms. The van der Waals surface area contributed by atoms with Crippen LogP contribution in [0.2, 0.25) is 0 Å². The molecule has 0 spiro atoms. The number of likely N-dealkylation sites (N-methyl/N-ethyl adjacent to an activating group) is 1. The van der Waals surface area contributed by atoms with Crippen molar-refractivity contribution in [3.05, 3.63) is 116 Å². The number of carbonyl (C=O) groups is 1. The van der Waals surface area contributed by atoms with Gasteiger partial charge in [0.2, 0.25) is 0 Å². The zero-order valence-electron chi connectivity index (χ0n) is 18.6. The van der Waals surface area contributed by atoms with Crippen LogP contribution in [0.5, 0.6) is 0 Å². The second kappa shape index (κ2) is 10.3. The number of rotatable bonds is 8. The van der Waals surface area contributed by atoms with Gasteiger partial charge in [0.15, 0.2) is 5.78 Å². The van der Waals surface area contributed by atoms with Gasteiger partial charge < -0.3 is 5.32 Å². The van der Waals surface area contributed by atoms with E-state index in [1.807, 2.05) is 30.3 Å². The van der Waals surface area contributed by atoms with Gasteiger partial charge in [-0.1, -0.05) is 42.5 Å². The van der Waals surface area contributed by atoms with Crippen molar-refractivity contribution in [2.24, 2.45) is 0 Å². The fourth-order valence-corrected chi connectivity index (χ4v) is 3.74. The van der Waals surface area contributed by atoms with E-state index < -0.39 is 41.3 Å². The molecule has 1 heterocycles. The average molecular weight is 453 g/mol. The summed E-state index contributed by atoms with van der Waals surface area (Å²) in [4.78, 5) is 39.4. The number of ketones is 1. The molecule has 0 saturated heterocycles. The summed E-state index contributed by atoms with van der Waals surface area (Å²) in [7, 11) is 1.69. The average Bonchev–Trinajstić information content (AvgIpc) is 2.79. The van der Waals surface area contributed by atoms with Crippen molar-refractivity contribution < 1.29 is 13.6 Å². The molecule has 3 rings (SSSR count). The van der Waals surface area contributed by atoms with Crippen LogP contribution in [-0.2, 0) is 13.1 Å². The first-order valence-electron chi connectivity index (χ1n) is 10.5. The lowest BCUT2D eigenvalue weighted by molar-refractivity contribution is 0.104. The van der Waals surface area contributed by atoms with Crippen molar-refractivity contribution in [3.63, 3.8) is 0 Å². The number of halogens is 2. The maximum atomic E-state index is 14.3. The van der Waals surface area contributed by atoms with E-state index in [0.29, 0.717) is 0 Å². The van der Waals surface area contributed by atoms with Gasteiger partial charge in [0.05, 0.1) is 19.1 Å². The Labute approximate surface area is 189 Å². The summed E-state index contributed by atoms with van der Waals surface area (Å²) in [6, 6.07) is 12.2. The molecule has 8 heteroatoms. The summed E-state index contributed by atoms with van der Waals surface area (Å²) < 4.78 is 30.7. The lowest BCUT2D eigenvalue weighted by Gasteiger charge is -2.21. The fourth-order valence-electron chi connectivity index (χ4n) is 3.74. The van der Waals surface area contributed by atoms with Gasteiger partial charge in [-0.05, 0) is 44.7 Å². The molecule has 2 aromatic carbocycles. The van der Waals surface area contributed by atoms with E-state index in [4.69, 9.17) is 0 Å². The lowest BCUT2D eigenvalue weighted by atomic mass is 10.1. The zero-order valence-corrected chi connectivity index (χ0v) is 18.6. The Bertz CT molecular complexity index is 1290. The Hall–Kier alpha value is -3.65. The summed E-state index contributed by atoms with van der Waals surface area (Å²) in [5.74, 6) is -2.23. The Morgan fingerprint density at radius 2 is 1.67 bits per heavy atom. The van der Waals surface area contributed by atoms with Crippen LogP contribution < -0.4 is 16.6 Å². The molecule has 0 radical (unpaired) electrons. The molecule has 1 N–H and O–H groups in total. The van der Waals surface area contributed by atoms with Crippen molar-refractivity contribution in [2.75, 3.05) is 7.05 Å². The second-order valence-electron chi connectivity index (χ2n) is 7.56. The minimum absolute atomic E-state index is 0.0488. The molecule has 0 aliphatic carbocycles. The second-order valence-corrected chi connectivity index (χ2v) is 7.56. The molecular formula is C25H25F2N3O3. The van der Waals surface area contributed by atoms with Gasteiger partial charge in [-0.25, -0.2) is 13.6 Å². The quantitative estimate of drug-likeness (QED) is 0.419. The SMILES string of the molecule is C/C=C/C(=O)c1c(C)n(Cc2c(F)cccc2F)c(=O)n(C[C@H](NC)c2ccccc2)c1=O. The zero-order chi connectivity index (χ0) is 24.1. The third kappa shape index (κ3) is 4.90. The molecule has 0 saturated carbocycles. The third-order valence-corrected chi connectivity index (χ3v) is 5.55. The van der Waals surface area contributed by atoms with Crippen LogP contribution >= 0.6 is 0 Å². The smallest absolute Gasteiger partial charge is 0.312 e. The lowest BCUT2D eigenvalue weighted by Crippen LogP contribution is -2.46. The molecule has 0 bridgehead atoms. The van der Waals surface area contributed by atoms with Crippen LogP contribution in [0.3, 0.4) is 0 Å². The number of hydrogen-bond acceptors (Lipinski definition) is 4. The van der Waals surface area contributed by atoms with Crippen LogP contribution in [-0.4, -0.2) is 22.0 Å². The van der Waals surface area contributed by atoms with Crippen molar-refractivity contribution in [3.8, 4) is 0 Å². The Morgan fingerprint density at radius 3 is 2.24 bits per heavy atom.